The summed E-state index contributed by atoms with van der Waals surface area (Å²) in [5.74, 6) is -0.615. The summed E-state index contributed by atoms with van der Waals surface area (Å²) in [5.41, 5.74) is 0.585. The predicted molar refractivity (Wildman–Crippen MR) is 80.7 cm³/mol. The van der Waals surface area contributed by atoms with E-state index in [2.05, 4.69) is 5.32 Å². The van der Waals surface area contributed by atoms with E-state index in [1.807, 2.05) is 20.8 Å². The fraction of sp³-hybridized carbons (Fsp3) is 0.500. The molecule has 0 bridgehead atoms. The van der Waals surface area contributed by atoms with Gasteiger partial charge in [-0.1, -0.05) is 19.9 Å². The van der Waals surface area contributed by atoms with Crippen molar-refractivity contribution in [2.45, 2.75) is 39.7 Å². The van der Waals surface area contributed by atoms with Gasteiger partial charge in [-0.15, -0.1) is 0 Å². The highest BCUT2D eigenvalue weighted by atomic mass is 16.5. The Morgan fingerprint density at radius 2 is 2.00 bits per heavy atom. The highest BCUT2D eigenvalue weighted by molar-refractivity contribution is 5.95. The zero-order valence-corrected chi connectivity index (χ0v) is 13.2. The number of ether oxygens (including phenoxy) is 1. The molecule has 5 heteroatoms. The van der Waals surface area contributed by atoms with Crippen molar-refractivity contribution in [1.29, 1.82) is 0 Å². The Kier molecular flexibility index (Phi) is 5.35. The Labute approximate surface area is 125 Å². The number of hydrogen-bond acceptors (Lipinski definition) is 3. The third kappa shape index (κ3) is 4.21. The quantitative estimate of drug-likeness (QED) is 0.845. The van der Waals surface area contributed by atoms with E-state index in [9.17, 15) is 9.59 Å². The third-order valence-electron chi connectivity index (χ3n) is 3.86. The van der Waals surface area contributed by atoms with Crippen molar-refractivity contribution in [2.75, 3.05) is 7.11 Å². The SMILES string of the molecule is COc1cc(C(=O)NC(C)(CC(=O)O)C(C)C)ccc1C. The van der Waals surface area contributed by atoms with E-state index in [1.165, 1.54) is 0 Å². The molecule has 0 saturated carbocycles. The minimum absolute atomic E-state index is 0.00936. The van der Waals surface area contributed by atoms with Gasteiger partial charge in [0.15, 0.2) is 0 Å². The largest absolute Gasteiger partial charge is 0.496 e. The number of carbonyl (C=O) groups excluding carboxylic acids is 1. The Hall–Kier alpha value is -2.04. The maximum atomic E-state index is 12.4. The molecular formula is C16H23NO4. The first-order valence-corrected chi connectivity index (χ1v) is 6.88. The van der Waals surface area contributed by atoms with E-state index in [1.54, 1.807) is 32.2 Å². The Balaban J connectivity index is 3.00. The first kappa shape index (κ1) is 17.0. The van der Waals surface area contributed by atoms with Crippen molar-refractivity contribution in [3.8, 4) is 5.75 Å². The van der Waals surface area contributed by atoms with E-state index in [0.29, 0.717) is 11.3 Å². The van der Waals surface area contributed by atoms with Gasteiger partial charge in [0.2, 0.25) is 0 Å². The molecule has 116 valence electrons. The molecule has 5 nitrogen and oxygen atoms in total. The van der Waals surface area contributed by atoms with Crippen LogP contribution >= 0.6 is 0 Å². The maximum absolute atomic E-state index is 12.4. The average molecular weight is 293 g/mol. The summed E-state index contributed by atoms with van der Waals surface area (Å²) < 4.78 is 5.20. The van der Waals surface area contributed by atoms with Crippen LogP contribution in [0.25, 0.3) is 0 Å². The summed E-state index contributed by atoms with van der Waals surface area (Å²) in [4.78, 5) is 23.4. The van der Waals surface area contributed by atoms with E-state index in [-0.39, 0.29) is 18.2 Å². The highest BCUT2D eigenvalue weighted by Crippen LogP contribution is 2.23. The van der Waals surface area contributed by atoms with Gasteiger partial charge in [0.25, 0.3) is 5.91 Å². The molecule has 1 atom stereocenters. The maximum Gasteiger partial charge on any atom is 0.305 e. The van der Waals surface area contributed by atoms with Gasteiger partial charge in [-0.3, -0.25) is 9.59 Å². The molecule has 1 rings (SSSR count). The third-order valence-corrected chi connectivity index (χ3v) is 3.86. The lowest BCUT2D eigenvalue weighted by Gasteiger charge is -2.33. The van der Waals surface area contributed by atoms with E-state index >= 15 is 0 Å². The second-order valence-electron chi connectivity index (χ2n) is 5.78. The molecule has 1 aromatic carbocycles. The van der Waals surface area contributed by atoms with E-state index in [4.69, 9.17) is 9.84 Å². The molecule has 0 aliphatic rings. The van der Waals surface area contributed by atoms with Crippen LogP contribution in [0.15, 0.2) is 18.2 Å². The van der Waals surface area contributed by atoms with Crippen LogP contribution in [0.1, 0.15) is 43.1 Å². The molecule has 0 aromatic heterocycles. The molecule has 21 heavy (non-hydrogen) atoms. The first-order chi connectivity index (χ1) is 9.69. The van der Waals surface area contributed by atoms with Crippen LogP contribution in [0.4, 0.5) is 0 Å². The number of nitrogens with one attached hydrogen (secondary N) is 1. The van der Waals surface area contributed by atoms with Gasteiger partial charge in [-0.05, 0) is 37.5 Å². The molecule has 1 aromatic rings. The fourth-order valence-electron chi connectivity index (χ4n) is 2.00. The summed E-state index contributed by atoms with van der Waals surface area (Å²) >= 11 is 0. The number of rotatable bonds is 6. The lowest BCUT2D eigenvalue weighted by atomic mass is 9.85. The smallest absolute Gasteiger partial charge is 0.305 e. The van der Waals surface area contributed by atoms with Crippen LogP contribution in [0.3, 0.4) is 0 Å². The number of aryl methyl sites for hydroxylation is 1. The number of methoxy groups -OCH3 is 1. The van der Waals surface area contributed by atoms with Crippen molar-refractivity contribution in [3.05, 3.63) is 29.3 Å². The topological polar surface area (TPSA) is 75.6 Å². The summed E-state index contributed by atoms with van der Waals surface area (Å²) in [6.45, 7) is 7.41. The summed E-state index contributed by atoms with van der Waals surface area (Å²) in [7, 11) is 1.55. The molecule has 0 radical (unpaired) electrons. The van der Waals surface area contributed by atoms with Crippen molar-refractivity contribution in [1.82, 2.24) is 5.32 Å². The molecule has 0 spiro atoms. The molecular weight excluding hydrogens is 270 g/mol. The van der Waals surface area contributed by atoms with Crippen molar-refractivity contribution in [2.24, 2.45) is 5.92 Å². The van der Waals surface area contributed by atoms with Gasteiger partial charge in [0.05, 0.1) is 19.1 Å². The monoisotopic (exact) mass is 293 g/mol. The molecule has 0 saturated heterocycles. The molecule has 2 N–H and O–H groups in total. The minimum Gasteiger partial charge on any atom is -0.496 e. The van der Waals surface area contributed by atoms with Gasteiger partial charge < -0.3 is 15.2 Å². The van der Waals surface area contributed by atoms with E-state index in [0.717, 1.165) is 5.56 Å². The van der Waals surface area contributed by atoms with Gasteiger partial charge in [0.1, 0.15) is 5.75 Å². The lowest BCUT2D eigenvalue weighted by Crippen LogP contribution is -2.51. The molecule has 0 aliphatic heterocycles. The number of carbonyl (C=O) groups is 2. The number of hydrogen-bond donors (Lipinski definition) is 2. The van der Waals surface area contributed by atoms with Crippen molar-refractivity contribution < 1.29 is 19.4 Å². The van der Waals surface area contributed by atoms with Crippen LogP contribution in [-0.4, -0.2) is 29.6 Å². The average Bonchev–Trinajstić information content (AvgIpc) is 2.37. The van der Waals surface area contributed by atoms with Crippen LogP contribution in [0.5, 0.6) is 5.75 Å². The predicted octanol–water partition coefficient (Wildman–Crippen LogP) is 2.62. The molecule has 0 fully saturated rings. The van der Waals surface area contributed by atoms with Crippen LogP contribution in [-0.2, 0) is 4.79 Å². The van der Waals surface area contributed by atoms with Crippen LogP contribution in [0, 0.1) is 12.8 Å². The molecule has 0 heterocycles. The zero-order valence-electron chi connectivity index (χ0n) is 13.2. The van der Waals surface area contributed by atoms with Crippen LogP contribution in [0.2, 0.25) is 0 Å². The normalized spacial score (nSPS) is 13.6. The first-order valence-electron chi connectivity index (χ1n) is 6.88. The van der Waals surface area contributed by atoms with Gasteiger partial charge in [-0.2, -0.15) is 0 Å². The molecule has 1 amide bonds. The number of amides is 1. The van der Waals surface area contributed by atoms with Gasteiger partial charge >= 0.3 is 5.97 Å². The van der Waals surface area contributed by atoms with Gasteiger partial charge in [0, 0.05) is 5.56 Å². The summed E-state index contributed by atoms with van der Waals surface area (Å²) in [5, 5.41) is 11.9. The Morgan fingerprint density at radius 3 is 2.48 bits per heavy atom. The highest BCUT2D eigenvalue weighted by Gasteiger charge is 2.33. The summed E-state index contributed by atoms with van der Waals surface area (Å²) in [6.07, 6.45) is -0.126. The van der Waals surface area contributed by atoms with Crippen LogP contribution < -0.4 is 10.1 Å². The van der Waals surface area contributed by atoms with Gasteiger partial charge in [-0.25, -0.2) is 0 Å². The number of carboxylic acids is 1. The van der Waals surface area contributed by atoms with E-state index < -0.39 is 11.5 Å². The number of aliphatic carboxylic acids is 1. The Morgan fingerprint density at radius 1 is 1.38 bits per heavy atom. The van der Waals surface area contributed by atoms with Crippen molar-refractivity contribution >= 4 is 11.9 Å². The lowest BCUT2D eigenvalue weighted by molar-refractivity contribution is -0.138. The minimum atomic E-state index is -0.937. The second kappa shape index (κ2) is 6.61. The zero-order chi connectivity index (χ0) is 16.2. The second-order valence-corrected chi connectivity index (χ2v) is 5.78. The standard InChI is InChI=1S/C16H23NO4/c1-10(2)16(4,9-14(18)19)17-15(20)12-7-6-11(3)13(8-12)21-5/h6-8,10H,9H2,1-5H3,(H,17,20)(H,18,19). The molecule has 0 aliphatic carbocycles. The number of carboxylic acid groups (broad SMARTS) is 1. The number of benzene rings is 1. The summed E-state index contributed by atoms with van der Waals surface area (Å²) in [6, 6.07) is 5.17. The fourth-order valence-corrected chi connectivity index (χ4v) is 2.00. The van der Waals surface area contributed by atoms with Crippen molar-refractivity contribution in [3.63, 3.8) is 0 Å². The molecule has 1 unspecified atom stereocenters. The Bertz CT molecular complexity index is 539.